The van der Waals surface area contributed by atoms with E-state index in [0.29, 0.717) is 5.82 Å². The number of pyridine rings is 2. The van der Waals surface area contributed by atoms with Gasteiger partial charge in [-0.15, -0.1) is 0 Å². The topological polar surface area (TPSA) is 54.9 Å². The van der Waals surface area contributed by atoms with Gasteiger partial charge in [0.05, 0.1) is 6.42 Å². The molecule has 0 atom stereocenters. The van der Waals surface area contributed by atoms with E-state index in [1.54, 1.807) is 36.8 Å². The molecule has 0 saturated heterocycles. The van der Waals surface area contributed by atoms with Gasteiger partial charge in [-0.1, -0.05) is 36.4 Å². The normalized spacial score (nSPS) is 10.5. The summed E-state index contributed by atoms with van der Waals surface area (Å²) in [5.41, 5.74) is 4.60. The van der Waals surface area contributed by atoms with Crippen molar-refractivity contribution in [1.82, 2.24) is 9.97 Å². The average Bonchev–Trinajstić information content (AvgIpc) is 2.75. The molecular formula is C24H18FN3O. The molecule has 5 heteroatoms. The second-order valence-electron chi connectivity index (χ2n) is 6.60. The zero-order valence-corrected chi connectivity index (χ0v) is 15.5. The summed E-state index contributed by atoms with van der Waals surface area (Å²) in [5.74, 6) is 0.0195. The van der Waals surface area contributed by atoms with E-state index in [4.69, 9.17) is 0 Å². The van der Waals surface area contributed by atoms with Crippen LogP contribution in [-0.4, -0.2) is 15.9 Å². The van der Waals surface area contributed by atoms with Crippen LogP contribution in [0.3, 0.4) is 0 Å². The van der Waals surface area contributed by atoms with Gasteiger partial charge < -0.3 is 5.32 Å². The molecule has 4 nitrogen and oxygen atoms in total. The average molecular weight is 383 g/mol. The summed E-state index contributed by atoms with van der Waals surface area (Å²) >= 11 is 0. The highest BCUT2D eigenvalue weighted by Crippen LogP contribution is 2.21. The predicted molar refractivity (Wildman–Crippen MR) is 112 cm³/mol. The van der Waals surface area contributed by atoms with Gasteiger partial charge in [0.25, 0.3) is 0 Å². The van der Waals surface area contributed by atoms with E-state index in [1.165, 1.54) is 12.1 Å². The monoisotopic (exact) mass is 383 g/mol. The summed E-state index contributed by atoms with van der Waals surface area (Å²) < 4.78 is 13.4. The van der Waals surface area contributed by atoms with Crippen LogP contribution in [0, 0.1) is 5.82 Å². The van der Waals surface area contributed by atoms with Crippen molar-refractivity contribution < 1.29 is 9.18 Å². The summed E-state index contributed by atoms with van der Waals surface area (Å²) in [6, 6.07) is 21.6. The van der Waals surface area contributed by atoms with Gasteiger partial charge in [-0.3, -0.25) is 9.78 Å². The Kier molecular flexibility index (Phi) is 5.38. The minimum atomic E-state index is -0.296. The molecule has 0 bridgehead atoms. The molecule has 29 heavy (non-hydrogen) atoms. The molecule has 0 fully saturated rings. The first-order valence-corrected chi connectivity index (χ1v) is 9.18. The minimum absolute atomic E-state index is 0.146. The van der Waals surface area contributed by atoms with Crippen molar-refractivity contribution >= 4 is 11.7 Å². The highest BCUT2D eigenvalue weighted by atomic mass is 19.1. The molecule has 0 saturated carbocycles. The number of aromatic nitrogens is 2. The number of nitrogens with one attached hydrogen (secondary N) is 1. The summed E-state index contributed by atoms with van der Waals surface area (Å²) in [6.07, 6.45) is 5.38. The zero-order chi connectivity index (χ0) is 20.1. The standard InChI is InChI=1S/C24H18FN3O/c25-22-3-1-2-20(15-22)21-8-9-23(27-16-21)28-24(29)14-17-4-6-18(7-5-17)19-10-12-26-13-11-19/h1-13,15-16H,14H2,(H,27,28,29). The Balaban J connectivity index is 1.38. The van der Waals surface area contributed by atoms with Crippen LogP contribution in [0.4, 0.5) is 10.2 Å². The van der Waals surface area contributed by atoms with Crippen LogP contribution in [0.15, 0.2) is 91.4 Å². The quantitative estimate of drug-likeness (QED) is 0.520. The number of halogens is 1. The highest BCUT2D eigenvalue weighted by Gasteiger charge is 2.07. The fourth-order valence-corrected chi connectivity index (χ4v) is 3.04. The molecule has 4 rings (SSSR count). The smallest absolute Gasteiger partial charge is 0.229 e. The Morgan fingerprint density at radius 3 is 2.24 bits per heavy atom. The van der Waals surface area contributed by atoms with Crippen molar-refractivity contribution in [1.29, 1.82) is 0 Å². The van der Waals surface area contributed by atoms with Gasteiger partial charge in [-0.25, -0.2) is 9.37 Å². The van der Waals surface area contributed by atoms with Gasteiger partial charge in [-0.2, -0.15) is 0 Å². The number of nitrogens with zero attached hydrogens (tertiary/aromatic N) is 2. The van der Waals surface area contributed by atoms with E-state index in [2.05, 4.69) is 15.3 Å². The third kappa shape index (κ3) is 4.71. The summed E-state index contributed by atoms with van der Waals surface area (Å²) in [6.45, 7) is 0. The van der Waals surface area contributed by atoms with Gasteiger partial charge in [0, 0.05) is 24.2 Å². The van der Waals surface area contributed by atoms with Crippen molar-refractivity contribution in [2.45, 2.75) is 6.42 Å². The number of amides is 1. The van der Waals surface area contributed by atoms with E-state index in [0.717, 1.165) is 27.8 Å². The van der Waals surface area contributed by atoms with E-state index in [-0.39, 0.29) is 18.1 Å². The van der Waals surface area contributed by atoms with Gasteiger partial charge >= 0.3 is 0 Å². The lowest BCUT2D eigenvalue weighted by atomic mass is 10.0. The van der Waals surface area contributed by atoms with Crippen molar-refractivity contribution in [3.63, 3.8) is 0 Å². The summed E-state index contributed by atoms with van der Waals surface area (Å²) in [7, 11) is 0. The van der Waals surface area contributed by atoms with E-state index >= 15 is 0 Å². The second-order valence-corrected chi connectivity index (χ2v) is 6.60. The summed E-state index contributed by atoms with van der Waals surface area (Å²) in [4.78, 5) is 20.6. The molecule has 0 unspecified atom stereocenters. The van der Waals surface area contributed by atoms with Crippen LogP contribution < -0.4 is 5.32 Å². The number of carbonyl (C=O) groups excluding carboxylic acids is 1. The van der Waals surface area contributed by atoms with Crippen LogP contribution in [-0.2, 0) is 11.2 Å². The van der Waals surface area contributed by atoms with Gasteiger partial charge in [0.15, 0.2) is 0 Å². The maximum atomic E-state index is 13.4. The first kappa shape index (κ1) is 18.5. The SMILES string of the molecule is O=C(Cc1ccc(-c2ccncc2)cc1)Nc1ccc(-c2cccc(F)c2)cn1. The fraction of sp³-hybridized carbons (Fsp3) is 0.0417. The lowest BCUT2D eigenvalue weighted by molar-refractivity contribution is -0.115. The molecule has 1 amide bonds. The molecule has 0 aliphatic carbocycles. The maximum Gasteiger partial charge on any atom is 0.229 e. The highest BCUT2D eigenvalue weighted by molar-refractivity contribution is 5.91. The molecule has 2 aromatic heterocycles. The van der Waals surface area contributed by atoms with Crippen molar-refractivity contribution in [3.8, 4) is 22.3 Å². The first-order valence-electron chi connectivity index (χ1n) is 9.18. The maximum absolute atomic E-state index is 13.4. The second kappa shape index (κ2) is 8.44. The molecule has 142 valence electrons. The molecule has 0 spiro atoms. The number of benzene rings is 2. The Morgan fingerprint density at radius 2 is 1.55 bits per heavy atom. The Hall–Kier alpha value is -3.86. The zero-order valence-electron chi connectivity index (χ0n) is 15.5. The molecule has 0 aliphatic heterocycles. The number of rotatable bonds is 5. The Morgan fingerprint density at radius 1 is 0.828 bits per heavy atom. The molecule has 2 aromatic carbocycles. The van der Waals surface area contributed by atoms with Crippen molar-refractivity contribution in [3.05, 3.63) is 103 Å². The largest absolute Gasteiger partial charge is 0.310 e. The third-order valence-corrected chi connectivity index (χ3v) is 4.52. The van der Waals surface area contributed by atoms with Crippen molar-refractivity contribution in [2.24, 2.45) is 0 Å². The molecule has 2 heterocycles. The van der Waals surface area contributed by atoms with Gasteiger partial charge in [-0.05, 0) is 58.7 Å². The van der Waals surface area contributed by atoms with E-state index in [9.17, 15) is 9.18 Å². The lowest BCUT2D eigenvalue weighted by Gasteiger charge is -2.07. The molecule has 4 aromatic rings. The van der Waals surface area contributed by atoms with Crippen LogP contribution in [0.5, 0.6) is 0 Å². The number of carbonyl (C=O) groups is 1. The van der Waals surface area contributed by atoms with Crippen LogP contribution in [0.25, 0.3) is 22.3 Å². The van der Waals surface area contributed by atoms with E-state index < -0.39 is 0 Å². The molecular weight excluding hydrogens is 365 g/mol. The Bertz CT molecular complexity index is 1110. The van der Waals surface area contributed by atoms with Crippen LogP contribution in [0.1, 0.15) is 5.56 Å². The molecule has 0 aliphatic rings. The van der Waals surface area contributed by atoms with Crippen molar-refractivity contribution in [2.75, 3.05) is 5.32 Å². The minimum Gasteiger partial charge on any atom is -0.310 e. The summed E-state index contributed by atoms with van der Waals surface area (Å²) in [5, 5.41) is 2.79. The van der Waals surface area contributed by atoms with Crippen LogP contribution >= 0.6 is 0 Å². The number of hydrogen-bond acceptors (Lipinski definition) is 3. The molecule has 0 radical (unpaired) electrons. The van der Waals surface area contributed by atoms with Gasteiger partial charge in [0.2, 0.25) is 5.91 Å². The first-order chi connectivity index (χ1) is 14.2. The number of hydrogen-bond donors (Lipinski definition) is 1. The fourth-order valence-electron chi connectivity index (χ4n) is 3.04. The van der Waals surface area contributed by atoms with E-state index in [1.807, 2.05) is 42.5 Å². The third-order valence-electron chi connectivity index (χ3n) is 4.52. The van der Waals surface area contributed by atoms with Gasteiger partial charge in [0.1, 0.15) is 11.6 Å². The predicted octanol–water partition coefficient (Wildman–Crippen LogP) is 5.13. The molecule has 1 N–H and O–H groups in total. The lowest BCUT2D eigenvalue weighted by Crippen LogP contribution is -2.15. The van der Waals surface area contributed by atoms with Crippen LogP contribution in [0.2, 0.25) is 0 Å². The number of anilines is 1. The Labute approximate surface area is 168 Å².